The lowest BCUT2D eigenvalue weighted by molar-refractivity contribution is -0.137. The minimum atomic E-state index is -0.838. The summed E-state index contributed by atoms with van der Waals surface area (Å²) < 4.78 is 0. The van der Waals surface area contributed by atoms with Crippen molar-refractivity contribution in [2.45, 2.75) is 12.8 Å². The zero-order valence-corrected chi connectivity index (χ0v) is 9.02. The average Bonchev–Trinajstić information content (AvgIpc) is 2.13. The van der Waals surface area contributed by atoms with Crippen molar-refractivity contribution >= 4 is 23.8 Å². The van der Waals surface area contributed by atoms with Gasteiger partial charge in [0.25, 0.3) is 0 Å². The molecular formula is C8H16N2O3S. The van der Waals surface area contributed by atoms with Gasteiger partial charge in [-0.2, -0.15) is 11.8 Å². The Labute approximate surface area is 87.6 Å². The third-order valence-corrected chi connectivity index (χ3v) is 2.06. The molecule has 0 aliphatic heterocycles. The predicted octanol–water partition coefficient (Wildman–Crippen LogP) is 0.513. The Morgan fingerprint density at radius 1 is 1.29 bits per heavy atom. The number of carboxylic acids is 1. The molecule has 14 heavy (non-hydrogen) atoms. The molecule has 0 heterocycles. The Kier molecular flexibility index (Phi) is 8.11. The summed E-state index contributed by atoms with van der Waals surface area (Å²) in [7, 11) is 0. The number of urea groups is 1. The van der Waals surface area contributed by atoms with E-state index in [4.69, 9.17) is 5.11 Å². The van der Waals surface area contributed by atoms with E-state index in [1.54, 1.807) is 11.8 Å². The highest BCUT2D eigenvalue weighted by molar-refractivity contribution is 7.98. The van der Waals surface area contributed by atoms with Gasteiger partial charge in [0.1, 0.15) is 0 Å². The van der Waals surface area contributed by atoms with Crippen LogP contribution >= 0.6 is 11.8 Å². The fourth-order valence-electron chi connectivity index (χ4n) is 0.771. The van der Waals surface area contributed by atoms with Crippen LogP contribution < -0.4 is 10.6 Å². The maximum Gasteiger partial charge on any atom is 0.314 e. The number of carbonyl (C=O) groups is 2. The molecule has 0 aromatic rings. The maximum absolute atomic E-state index is 11.0. The number of carbonyl (C=O) groups excluding carboxylic acids is 1. The minimum Gasteiger partial charge on any atom is -0.481 e. The van der Waals surface area contributed by atoms with Crippen molar-refractivity contribution in [3.8, 4) is 0 Å². The molecule has 2 amide bonds. The number of carboxylic acid groups (broad SMARTS) is 1. The molecule has 0 aliphatic rings. The van der Waals surface area contributed by atoms with E-state index in [0.717, 1.165) is 5.75 Å². The molecule has 0 aromatic carbocycles. The van der Waals surface area contributed by atoms with Crippen LogP contribution in [0.2, 0.25) is 0 Å². The van der Waals surface area contributed by atoms with E-state index in [1.807, 2.05) is 6.26 Å². The van der Waals surface area contributed by atoms with Crippen molar-refractivity contribution in [2.75, 3.05) is 25.1 Å². The van der Waals surface area contributed by atoms with E-state index in [2.05, 4.69) is 10.6 Å². The summed E-state index contributed by atoms with van der Waals surface area (Å²) in [4.78, 5) is 21.1. The van der Waals surface area contributed by atoms with Crippen LogP contribution in [0.1, 0.15) is 12.8 Å². The third kappa shape index (κ3) is 9.18. The van der Waals surface area contributed by atoms with Crippen molar-refractivity contribution in [2.24, 2.45) is 0 Å². The highest BCUT2D eigenvalue weighted by Gasteiger charge is 1.99. The van der Waals surface area contributed by atoms with Gasteiger partial charge < -0.3 is 15.7 Å². The number of nitrogens with one attached hydrogen (secondary N) is 2. The van der Waals surface area contributed by atoms with Crippen LogP contribution in [0.3, 0.4) is 0 Å². The van der Waals surface area contributed by atoms with Crippen LogP contribution in [-0.2, 0) is 4.79 Å². The highest BCUT2D eigenvalue weighted by atomic mass is 32.2. The van der Waals surface area contributed by atoms with Crippen LogP contribution in [0.4, 0.5) is 4.79 Å². The van der Waals surface area contributed by atoms with Gasteiger partial charge in [-0.15, -0.1) is 0 Å². The second kappa shape index (κ2) is 8.68. The van der Waals surface area contributed by atoms with Crippen LogP contribution in [0.5, 0.6) is 0 Å². The highest BCUT2D eigenvalue weighted by Crippen LogP contribution is 1.87. The van der Waals surface area contributed by atoms with E-state index >= 15 is 0 Å². The van der Waals surface area contributed by atoms with E-state index in [0.29, 0.717) is 19.5 Å². The molecule has 0 aliphatic carbocycles. The molecule has 0 aromatic heterocycles. The Morgan fingerprint density at radius 3 is 2.50 bits per heavy atom. The lowest BCUT2D eigenvalue weighted by atomic mass is 10.3. The molecule has 0 saturated heterocycles. The average molecular weight is 220 g/mol. The van der Waals surface area contributed by atoms with Gasteiger partial charge >= 0.3 is 12.0 Å². The Bertz CT molecular complexity index is 187. The van der Waals surface area contributed by atoms with Crippen molar-refractivity contribution in [1.29, 1.82) is 0 Å². The first-order valence-electron chi connectivity index (χ1n) is 4.39. The van der Waals surface area contributed by atoms with Gasteiger partial charge in [-0.1, -0.05) is 0 Å². The molecular weight excluding hydrogens is 204 g/mol. The van der Waals surface area contributed by atoms with Crippen molar-refractivity contribution < 1.29 is 14.7 Å². The van der Waals surface area contributed by atoms with Crippen LogP contribution in [0.25, 0.3) is 0 Å². The van der Waals surface area contributed by atoms with E-state index in [9.17, 15) is 9.59 Å². The number of hydrogen-bond donors (Lipinski definition) is 3. The largest absolute Gasteiger partial charge is 0.481 e. The number of rotatable bonds is 7. The second-order valence-corrected chi connectivity index (χ2v) is 3.66. The van der Waals surface area contributed by atoms with E-state index < -0.39 is 5.97 Å². The number of hydrogen-bond acceptors (Lipinski definition) is 3. The van der Waals surface area contributed by atoms with Gasteiger partial charge in [0.15, 0.2) is 0 Å². The summed E-state index contributed by atoms with van der Waals surface area (Å²) in [6, 6.07) is -0.232. The standard InChI is InChI=1S/C8H16N2O3S/c1-14-6-5-10-8(13)9-4-2-3-7(11)12/h2-6H2,1H3,(H,11,12)(H2,9,10,13). The monoisotopic (exact) mass is 220 g/mol. The zero-order chi connectivity index (χ0) is 10.8. The molecule has 0 unspecified atom stereocenters. The topological polar surface area (TPSA) is 78.4 Å². The Morgan fingerprint density at radius 2 is 1.93 bits per heavy atom. The van der Waals surface area contributed by atoms with Crippen LogP contribution in [0, 0.1) is 0 Å². The molecule has 0 fully saturated rings. The number of thioether (sulfide) groups is 1. The normalized spacial score (nSPS) is 9.50. The first-order valence-corrected chi connectivity index (χ1v) is 5.78. The van der Waals surface area contributed by atoms with Crippen molar-refractivity contribution in [3.63, 3.8) is 0 Å². The summed E-state index contributed by atoms with van der Waals surface area (Å²) in [5.41, 5.74) is 0. The summed E-state index contributed by atoms with van der Waals surface area (Å²) in [5.74, 6) is 0.0392. The molecule has 0 bridgehead atoms. The Balaban J connectivity index is 3.22. The predicted molar refractivity (Wildman–Crippen MR) is 56.7 cm³/mol. The lowest BCUT2D eigenvalue weighted by Crippen LogP contribution is -2.37. The molecule has 5 nitrogen and oxygen atoms in total. The summed E-state index contributed by atoms with van der Waals surface area (Å²) in [5, 5.41) is 13.5. The number of amides is 2. The molecule has 0 atom stereocenters. The van der Waals surface area contributed by atoms with Gasteiger partial charge in [-0.05, 0) is 12.7 Å². The molecule has 82 valence electrons. The molecule has 3 N–H and O–H groups in total. The summed E-state index contributed by atoms with van der Waals surface area (Å²) >= 11 is 1.66. The second-order valence-electron chi connectivity index (χ2n) is 2.67. The van der Waals surface area contributed by atoms with Crippen molar-refractivity contribution in [1.82, 2.24) is 10.6 Å². The molecule has 0 saturated carbocycles. The van der Waals surface area contributed by atoms with Crippen LogP contribution in [-0.4, -0.2) is 42.2 Å². The molecule has 0 rings (SSSR count). The van der Waals surface area contributed by atoms with Crippen LogP contribution in [0.15, 0.2) is 0 Å². The summed E-state index contributed by atoms with van der Waals surface area (Å²) in [6.07, 6.45) is 2.52. The lowest BCUT2D eigenvalue weighted by Gasteiger charge is -2.05. The quantitative estimate of drug-likeness (QED) is 0.546. The Hall–Kier alpha value is -0.910. The van der Waals surface area contributed by atoms with E-state index in [1.165, 1.54) is 0 Å². The molecule has 6 heteroatoms. The van der Waals surface area contributed by atoms with Gasteiger partial charge in [0.2, 0.25) is 0 Å². The zero-order valence-electron chi connectivity index (χ0n) is 8.21. The van der Waals surface area contributed by atoms with Gasteiger partial charge in [0.05, 0.1) is 0 Å². The smallest absolute Gasteiger partial charge is 0.314 e. The van der Waals surface area contributed by atoms with Gasteiger partial charge in [-0.25, -0.2) is 4.79 Å². The van der Waals surface area contributed by atoms with E-state index in [-0.39, 0.29) is 12.5 Å². The maximum atomic E-state index is 11.0. The molecule has 0 spiro atoms. The molecule has 0 radical (unpaired) electrons. The fraction of sp³-hybridized carbons (Fsp3) is 0.750. The fourth-order valence-corrected chi connectivity index (χ4v) is 1.08. The van der Waals surface area contributed by atoms with Crippen molar-refractivity contribution in [3.05, 3.63) is 0 Å². The first-order chi connectivity index (χ1) is 6.66. The minimum absolute atomic E-state index is 0.0884. The summed E-state index contributed by atoms with van der Waals surface area (Å²) in [6.45, 7) is 1.03. The SMILES string of the molecule is CSCCNC(=O)NCCCC(=O)O. The first kappa shape index (κ1) is 13.1. The van der Waals surface area contributed by atoms with Gasteiger partial charge in [-0.3, -0.25) is 4.79 Å². The third-order valence-electron chi connectivity index (χ3n) is 1.44. The van der Waals surface area contributed by atoms with Gasteiger partial charge in [0, 0.05) is 25.3 Å². The number of aliphatic carboxylic acids is 1.